The Kier molecular flexibility index (Phi) is 6.22. The number of methoxy groups -OCH3 is 1. The first-order valence-corrected chi connectivity index (χ1v) is 9.37. The smallest absolute Gasteiger partial charge is 0.270 e. The van der Waals surface area contributed by atoms with Crippen LogP contribution in [0.25, 0.3) is 0 Å². The summed E-state index contributed by atoms with van der Waals surface area (Å²) in [6.07, 6.45) is 0.521. The maximum Gasteiger partial charge on any atom is 0.270 e. The van der Waals surface area contributed by atoms with E-state index in [1.54, 1.807) is 39.2 Å². The summed E-state index contributed by atoms with van der Waals surface area (Å²) in [5.41, 5.74) is 2.55. The molecule has 29 heavy (non-hydrogen) atoms. The molecule has 1 atom stereocenters. The molecule has 0 saturated heterocycles. The molecule has 0 bridgehead atoms. The van der Waals surface area contributed by atoms with Crippen molar-refractivity contribution in [2.24, 2.45) is 0 Å². The average Bonchev–Trinajstić information content (AvgIpc) is 2.71. The second-order valence-electron chi connectivity index (χ2n) is 7.03. The second kappa shape index (κ2) is 8.82. The predicted octanol–water partition coefficient (Wildman–Crippen LogP) is 3.66. The predicted molar refractivity (Wildman–Crippen MR) is 109 cm³/mol. The molecule has 5 nitrogen and oxygen atoms in total. The molecule has 0 aliphatic rings. The molecule has 2 aromatic carbocycles. The van der Waals surface area contributed by atoms with Gasteiger partial charge in [-0.2, -0.15) is 5.10 Å². The van der Waals surface area contributed by atoms with Gasteiger partial charge < -0.3 is 4.74 Å². The van der Waals surface area contributed by atoms with E-state index in [1.807, 2.05) is 24.3 Å². The third kappa shape index (κ3) is 4.96. The molecule has 0 aliphatic heterocycles. The largest absolute Gasteiger partial charge is 0.497 e. The van der Waals surface area contributed by atoms with Gasteiger partial charge in [0.2, 0.25) is 0 Å². The summed E-state index contributed by atoms with van der Waals surface area (Å²) >= 11 is 0. The molecule has 0 N–H and O–H groups in total. The van der Waals surface area contributed by atoms with Gasteiger partial charge in [-0.1, -0.05) is 24.3 Å². The lowest BCUT2D eigenvalue weighted by Crippen LogP contribution is -2.33. The number of nitrogens with zero attached hydrogens (tertiary/aromatic N) is 2. The molecule has 3 aromatic rings. The molecule has 3 rings (SSSR count). The Labute approximate surface area is 168 Å². The van der Waals surface area contributed by atoms with Gasteiger partial charge in [0.25, 0.3) is 5.56 Å². The second-order valence-corrected chi connectivity index (χ2v) is 7.03. The SMILES string of the molecule is COc1cccc(Cc2cc(C)nn(C(C)C(=O)Cc3ccc(F)cc3)c2=O)c1. The first-order chi connectivity index (χ1) is 13.9. The number of carbonyl (C=O) groups is 1. The minimum absolute atomic E-state index is 0.106. The van der Waals surface area contributed by atoms with Crippen LogP contribution in [0.4, 0.5) is 4.39 Å². The molecule has 6 heteroatoms. The fraction of sp³-hybridized carbons (Fsp3) is 0.261. The van der Waals surface area contributed by atoms with Crippen LogP contribution in [0.1, 0.15) is 35.3 Å². The van der Waals surface area contributed by atoms with Crippen LogP contribution in [-0.4, -0.2) is 22.7 Å². The van der Waals surface area contributed by atoms with Gasteiger partial charge in [0.05, 0.1) is 12.8 Å². The highest BCUT2D eigenvalue weighted by Crippen LogP contribution is 2.16. The van der Waals surface area contributed by atoms with Crippen LogP contribution in [0.15, 0.2) is 59.4 Å². The normalized spacial score (nSPS) is 11.9. The van der Waals surface area contributed by atoms with E-state index in [2.05, 4.69) is 5.10 Å². The average molecular weight is 394 g/mol. The highest BCUT2D eigenvalue weighted by Gasteiger charge is 2.20. The molecule has 0 fully saturated rings. The van der Waals surface area contributed by atoms with E-state index in [9.17, 15) is 14.0 Å². The van der Waals surface area contributed by atoms with Crippen molar-refractivity contribution >= 4 is 5.78 Å². The summed E-state index contributed by atoms with van der Waals surface area (Å²) in [5, 5.41) is 4.28. The Morgan fingerprint density at radius 2 is 1.86 bits per heavy atom. The van der Waals surface area contributed by atoms with Gasteiger partial charge >= 0.3 is 0 Å². The number of hydrogen-bond acceptors (Lipinski definition) is 4. The van der Waals surface area contributed by atoms with Gasteiger partial charge in [0.15, 0.2) is 5.78 Å². The number of ether oxygens (including phenoxy) is 1. The Bertz CT molecular complexity index is 1070. The van der Waals surface area contributed by atoms with Crippen molar-refractivity contribution in [2.45, 2.75) is 32.7 Å². The van der Waals surface area contributed by atoms with Crippen molar-refractivity contribution in [2.75, 3.05) is 7.11 Å². The van der Waals surface area contributed by atoms with Crippen molar-refractivity contribution in [3.05, 3.63) is 93.2 Å². The monoisotopic (exact) mass is 394 g/mol. The fourth-order valence-electron chi connectivity index (χ4n) is 3.18. The number of benzene rings is 2. The molecule has 0 aliphatic carbocycles. The van der Waals surface area contributed by atoms with Crippen molar-refractivity contribution in [3.8, 4) is 5.75 Å². The van der Waals surface area contributed by atoms with Gasteiger partial charge in [0, 0.05) is 18.4 Å². The lowest BCUT2D eigenvalue weighted by Gasteiger charge is -2.15. The van der Waals surface area contributed by atoms with E-state index >= 15 is 0 Å². The zero-order valence-electron chi connectivity index (χ0n) is 16.7. The zero-order chi connectivity index (χ0) is 21.0. The summed E-state index contributed by atoms with van der Waals surface area (Å²) in [5.74, 6) is 0.202. The van der Waals surface area contributed by atoms with E-state index in [0.717, 1.165) is 11.3 Å². The lowest BCUT2D eigenvalue weighted by molar-refractivity contribution is -0.121. The van der Waals surface area contributed by atoms with Crippen LogP contribution in [0.2, 0.25) is 0 Å². The first kappa shape index (κ1) is 20.5. The number of aryl methyl sites for hydroxylation is 1. The molecular weight excluding hydrogens is 371 g/mol. The number of rotatable bonds is 7. The Balaban J connectivity index is 1.86. The van der Waals surface area contributed by atoms with Crippen LogP contribution < -0.4 is 10.3 Å². The summed E-state index contributed by atoms with van der Waals surface area (Å²) in [6, 6.07) is 14.3. The van der Waals surface area contributed by atoms with E-state index < -0.39 is 6.04 Å². The molecule has 0 spiro atoms. The molecule has 0 saturated carbocycles. The minimum atomic E-state index is -0.725. The molecular formula is C23H23FN2O3. The summed E-state index contributed by atoms with van der Waals surface area (Å²) in [7, 11) is 1.59. The van der Waals surface area contributed by atoms with Gasteiger partial charge in [-0.25, -0.2) is 9.07 Å². The van der Waals surface area contributed by atoms with E-state index in [1.165, 1.54) is 16.8 Å². The molecule has 0 radical (unpaired) electrons. The summed E-state index contributed by atoms with van der Waals surface area (Å²) in [4.78, 5) is 25.7. The van der Waals surface area contributed by atoms with Gasteiger partial charge in [-0.15, -0.1) is 0 Å². The number of halogens is 1. The van der Waals surface area contributed by atoms with Crippen LogP contribution >= 0.6 is 0 Å². The van der Waals surface area contributed by atoms with Gasteiger partial charge in [-0.05, 0) is 55.3 Å². The van der Waals surface area contributed by atoms with E-state index in [0.29, 0.717) is 23.2 Å². The minimum Gasteiger partial charge on any atom is -0.497 e. The molecule has 150 valence electrons. The lowest BCUT2D eigenvalue weighted by atomic mass is 10.0. The van der Waals surface area contributed by atoms with Crippen molar-refractivity contribution in [3.63, 3.8) is 0 Å². The maximum atomic E-state index is 13.1. The Hall–Kier alpha value is -3.28. The summed E-state index contributed by atoms with van der Waals surface area (Å²) in [6.45, 7) is 3.46. The number of aromatic nitrogens is 2. The Morgan fingerprint density at radius 1 is 1.14 bits per heavy atom. The number of ketones is 1. The summed E-state index contributed by atoms with van der Waals surface area (Å²) < 4.78 is 19.6. The zero-order valence-corrected chi connectivity index (χ0v) is 16.7. The van der Waals surface area contributed by atoms with Crippen molar-refractivity contribution in [1.29, 1.82) is 0 Å². The molecule has 0 amide bonds. The quantitative estimate of drug-likeness (QED) is 0.614. The third-order valence-corrected chi connectivity index (χ3v) is 4.78. The number of Topliss-reactive ketones (excluding diaryl/α,β-unsaturated/α-hetero) is 1. The van der Waals surface area contributed by atoms with E-state index in [4.69, 9.17) is 4.74 Å². The maximum absolute atomic E-state index is 13.1. The van der Waals surface area contributed by atoms with Crippen LogP contribution in [0.3, 0.4) is 0 Å². The highest BCUT2D eigenvalue weighted by atomic mass is 19.1. The van der Waals surface area contributed by atoms with E-state index in [-0.39, 0.29) is 23.6 Å². The molecule has 1 unspecified atom stereocenters. The van der Waals surface area contributed by atoms with Crippen LogP contribution in [0.5, 0.6) is 5.75 Å². The third-order valence-electron chi connectivity index (χ3n) is 4.78. The molecule has 1 heterocycles. The van der Waals surface area contributed by atoms with Gasteiger partial charge in [-0.3, -0.25) is 9.59 Å². The van der Waals surface area contributed by atoms with Gasteiger partial charge in [0.1, 0.15) is 17.6 Å². The number of carbonyl (C=O) groups excluding carboxylic acids is 1. The Morgan fingerprint density at radius 3 is 2.55 bits per heavy atom. The topological polar surface area (TPSA) is 61.2 Å². The molecule has 1 aromatic heterocycles. The number of hydrogen-bond donors (Lipinski definition) is 0. The standard InChI is InChI=1S/C23H23FN2O3/c1-15-11-19(12-18-5-4-6-21(13-18)29-3)23(28)26(25-15)16(2)22(27)14-17-7-9-20(24)10-8-17/h4-11,13,16H,12,14H2,1-3H3. The van der Waals surface area contributed by atoms with Crippen LogP contribution in [-0.2, 0) is 17.6 Å². The van der Waals surface area contributed by atoms with Crippen molar-refractivity contribution < 1.29 is 13.9 Å². The van der Waals surface area contributed by atoms with Crippen LogP contribution in [0, 0.1) is 12.7 Å². The first-order valence-electron chi connectivity index (χ1n) is 9.37. The highest BCUT2D eigenvalue weighted by molar-refractivity contribution is 5.84. The van der Waals surface area contributed by atoms with Crippen molar-refractivity contribution in [1.82, 2.24) is 9.78 Å². The fourth-order valence-corrected chi connectivity index (χ4v) is 3.18.